The van der Waals surface area contributed by atoms with Gasteiger partial charge in [-0.05, 0) is 0 Å². The fourth-order valence-electron chi connectivity index (χ4n) is 1.37. The number of hydrogen-bond donors (Lipinski definition) is 1. The molecule has 0 bridgehead atoms. The second-order valence-electron chi connectivity index (χ2n) is 2.51. The maximum absolute atomic E-state index is 8.75. The molecule has 0 radical (unpaired) electrons. The Morgan fingerprint density at radius 3 is 3.00 bits per heavy atom. The number of fused-ring (bicyclic) bond motifs is 1. The molecule has 0 aromatic rings. The molecular formula is C6H10O4. The Morgan fingerprint density at radius 2 is 2.20 bits per heavy atom. The van der Waals surface area contributed by atoms with Crippen LogP contribution in [0.2, 0.25) is 0 Å². The molecule has 0 spiro atoms. The minimum Gasteiger partial charge on any atom is -0.394 e. The molecule has 10 heavy (non-hydrogen) atoms. The molecule has 4 nitrogen and oxygen atoms in total. The first kappa shape index (κ1) is 6.54. The van der Waals surface area contributed by atoms with E-state index >= 15 is 0 Å². The minimum atomic E-state index is -0.174. The third kappa shape index (κ3) is 0.845. The van der Waals surface area contributed by atoms with Crippen LogP contribution in [0.3, 0.4) is 0 Å². The van der Waals surface area contributed by atoms with Crippen LogP contribution in [0, 0.1) is 0 Å². The minimum absolute atomic E-state index is 0.0184. The summed E-state index contributed by atoms with van der Waals surface area (Å²) in [5, 5.41) is 8.75. The van der Waals surface area contributed by atoms with Crippen molar-refractivity contribution in [1.29, 1.82) is 0 Å². The summed E-state index contributed by atoms with van der Waals surface area (Å²) in [6, 6.07) is 0. The van der Waals surface area contributed by atoms with Gasteiger partial charge in [0.2, 0.25) is 0 Å². The zero-order chi connectivity index (χ0) is 6.97. The topological polar surface area (TPSA) is 47.9 Å². The van der Waals surface area contributed by atoms with E-state index in [0.29, 0.717) is 13.4 Å². The van der Waals surface area contributed by atoms with Crippen molar-refractivity contribution in [3.63, 3.8) is 0 Å². The highest BCUT2D eigenvalue weighted by molar-refractivity contribution is 4.87. The fourth-order valence-corrected chi connectivity index (χ4v) is 1.37. The van der Waals surface area contributed by atoms with Crippen molar-refractivity contribution in [1.82, 2.24) is 0 Å². The van der Waals surface area contributed by atoms with Crippen molar-refractivity contribution in [2.24, 2.45) is 0 Å². The molecule has 0 aromatic heterocycles. The van der Waals surface area contributed by atoms with Crippen LogP contribution < -0.4 is 0 Å². The van der Waals surface area contributed by atoms with Crippen molar-refractivity contribution in [3.8, 4) is 0 Å². The summed E-state index contributed by atoms with van der Waals surface area (Å²) in [4.78, 5) is 0. The molecule has 0 amide bonds. The molecule has 0 aliphatic carbocycles. The first-order valence-electron chi connectivity index (χ1n) is 3.37. The fraction of sp³-hybridized carbons (Fsp3) is 1.00. The van der Waals surface area contributed by atoms with Gasteiger partial charge < -0.3 is 19.3 Å². The van der Waals surface area contributed by atoms with Crippen molar-refractivity contribution < 1.29 is 19.3 Å². The number of aliphatic hydroxyl groups excluding tert-OH is 1. The van der Waals surface area contributed by atoms with Crippen LogP contribution in [0.1, 0.15) is 0 Å². The Labute approximate surface area is 58.7 Å². The summed E-state index contributed by atoms with van der Waals surface area (Å²) in [7, 11) is 0. The standard InChI is InChI=1S/C6H10O4/c7-1-4-6-5(2-8-4)9-3-10-6/h4-7H,1-3H2/t4-,5+,6-/m1/s1. The molecule has 0 aromatic carbocycles. The molecule has 2 aliphatic rings. The van der Waals surface area contributed by atoms with E-state index < -0.39 is 0 Å². The highest BCUT2D eigenvalue weighted by atomic mass is 16.7. The second kappa shape index (κ2) is 2.47. The summed E-state index contributed by atoms with van der Waals surface area (Å²) < 4.78 is 15.5. The number of ether oxygens (including phenoxy) is 3. The van der Waals surface area contributed by atoms with Crippen molar-refractivity contribution >= 4 is 0 Å². The lowest BCUT2D eigenvalue weighted by Crippen LogP contribution is -2.30. The predicted octanol–water partition coefficient (Wildman–Crippen LogP) is -0.881. The second-order valence-corrected chi connectivity index (χ2v) is 2.51. The lowest BCUT2D eigenvalue weighted by Gasteiger charge is -2.10. The van der Waals surface area contributed by atoms with Gasteiger partial charge in [0.25, 0.3) is 0 Å². The van der Waals surface area contributed by atoms with Crippen LogP contribution in [-0.4, -0.2) is 43.4 Å². The van der Waals surface area contributed by atoms with E-state index in [1.54, 1.807) is 0 Å². The summed E-state index contributed by atoms with van der Waals surface area (Å²) in [5.41, 5.74) is 0. The summed E-state index contributed by atoms with van der Waals surface area (Å²) in [5.74, 6) is 0. The van der Waals surface area contributed by atoms with Crippen molar-refractivity contribution in [2.45, 2.75) is 18.3 Å². The maximum atomic E-state index is 8.75. The average Bonchev–Trinajstić information content (AvgIpc) is 2.44. The Kier molecular flexibility index (Phi) is 1.61. The predicted molar refractivity (Wildman–Crippen MR) is 31.4 cm³/mol. The smallest absolute Gasteiger partial charge is 0.147 e. The zero-order valence-corrected chi connectivity index (χ0v) is 5.53. The highest BCUT2D eigenvalue weighted by Crippen LogP contribution is 2.24. The maximum Gasteiger partial charge on any atom is 0.147 e. The van der Waals surface area contributed by atoms with Crippen molar-refractivity contribution in [2.75, 3.05) is 20.0 Å². The van der Waals surface area contributed by atoms with Gasteiger partial charge in [-0.2, -0.15) is 0 Å². The lowest BCUT2D eigenvalue weighted by atomic mass is 10.2. The zero-order valence-electron chi connectivity index (χ0n) is 5.53. The molecule has 1 N–H and O–H groups in total. The van der Waals surface area contributed by atoms with Gasteiger partial charge in [-0.15, -0.1) is 0 Å². The first-order valence-corrected chi connectivity index (χ1v) is 3.37. The molecule has 58 valence electrons. The molecule has 4 heteroatoms. The first-order chi connectivity index (χ1) is 4.92. The van der Waals surface area contributed by atoms with E-state index in [1.807, 2.05) is 0 Å². The quantitative estimate of drug-likeness (QED) is 0.522. The van der Waals surface area contributed by atoms with Crippen LogP contribution in [0.4, 0.5) is 0 Å². The molecule has 3 atom stereocenters. The van der Waals surface area contributed by atoms with Crippen LogP contribution in [0.25, 0.3) is 0 Å². The van der Waals surface area contributed by atoms with E-state index in [4.69, 9.17) is 19.3 Å². The van der Waals surface area contributed by atoms with E-state index in [-0.39, 0.29) is 24.9 Å². The van der Waals surface area contributed by atoms with Gasteiger partial charge in [0.15, 0.2) is 0 Å². The molecule has 0 saturated carbocycles. The lowest BCUT2D eigenvalue weighted by molar-refractivity contribution is -0.0565. The van der Waals surface area contributed by atoms with E-state index in [1.165, 1.54) is 0 Å². The Hall–Kier alpha value is -0.160. The van der Waals surface area contributed by atoms with Crippen LogP contribution >= 0.6 is 0 Å². The molecule has 2 aliphatic heterocycles. The number of rotatable bonds is 1. The third-order valence-corrected chi connectivity index (χ3v) is 1.93. The van der Waals surface area contributed by atoms with Gasteiger partial charge >= 0.3 is 0 Å². The summed E-state index contributed by atoms with van der Waals surface area (Å²) >= 11 is 0. The van der Waals surface area contributed by atoms with Crippen LogP contribution in [0.5, 0.6) is 0 Å². The molecule has 2 saturated heterocycles. The van der Waals surface area contributed by atoms with Crippen LogP contribution in [-0.2, 0) is 14.2 Å². The van der Waals surface area contributed by atoms with Gasteiger partial charge in [-0.1, -0.05) is 0 Å². The third-order valence-electron chi connectivity index (χ3n) is 1.93. The van der Waals surface area contributed by atoms with Gasteiger partial charge in [-0.25, -0.2) is 0 Å². The van der Waals surface area contributed by atoms with Gasteiger partial charge in [-0.3, -0.25) is 0 Å². The van der Waals surface area contributed by atoms with Gasteiger partial charge in [0.1, 0.15) is 25.1 Å². The van der Waals surface area contributed by atoms with Gasteiger partial charge in [0.05, 0.1) is 13.2 Å². The Balaban J connectivity index is 2.01. The van der Waals surface area contributed by atoms with Crippen molar-refractivity contribution in [3.05, 3.63) is 0 Å². The molecule has 0 unspecified atom stereocenters. The van der Waals surface area contributed by atoms with E-state index in [0.717, 1.165) is 0 Å². The Morgan fingerprint density at radius 1 is 1.30 bits per heavy atom. The molecule has 2 heterocycles. The number of hydrogen-bond acceptors (Lipinski definition) is 4. The van der Waals surface area contributed by atoms with E-state index in [9.17, 15) is 0 Å². The molecule has 2 rings (SSSR count). The Bertz CT molecular complexity index is 127. The highest BCUT2D eigenvalue weighted by Gasteiger charge is 2.42. The summed E-state index contributed by atoms with van der Waals surface area (Å²) in [6.45, 7) is 0.912. The van der Waals surface area contributed by atoms with Crippen LogP contribution in [0.15, 0.2) is 0 Å². The number of aliphatic hydroxyl groups is 1. The average molecular weight is 146 g/mol. The molecule has 2 fully saturated rings. The van der Waals surface area contributed by atoms with Gasteiger partial charge in [0, 0.05) is 0 Å². The monoisotopic (exact) mass is 146 g/mol. The largest absolute Gasteiger partial charge is 0.394 e. The SMILES string of the molecule is OC[C@H]1OC[C@@H]2OCO[C@@H]21. The molecular weight excluding hydrogens is 136 g/mol. The van der Waals surface area contributed by atoms with E-state index in [2.05, 4.69) is 0 Å². The normalized spacial score (nSPS) is 45.9. The summed E-state index contributed by atoms with van der Waals surface area (Å²) in [6.07, 6.45) is -0.158.